The molecule has 1 aromatic carbocycles. The van der Waals surface area contributed by atoms with Gasteiger partial charge < -0.3 is 18.9 Å². The molecule has 1 aromatic heterocycles. The van der Waals surface area contributed by atoms with Crippen molar-refractivity contribution in [1.29, 1.82) is 0 Å². The number of benzene rings is 1. The van der Waals surface area contributed by atoms with E-state index in [0.29, 0.717) is 44.1 Å². The lowest BCUT2D eigenvalue weighted by Gasteiger charge is -2.32. The molecule has 7 nitrogen and oxygen atoms in total. The summed E-state index contributed by atoms with van der Waals surface area (Å²) in [5.74, 6) is 0.722. The Morgan fingerprint density at radius 2 is 1.80 bits per heavy atom. The summed E-state index contributed by atoms with van der Waals surface area (Å²) in [6, 6.07) is 5.54. The molecule has 0 spiro atoms. The monoisotopic (exact) mass is 427 g/mol. The number of hydrogen-bond acceptors (Lipinski definition) is 6. The van der Waals surface area contributed by atoms with E-state index in [9.17, 15) is 18.0 Å². The molecule has 1 saturated heterocycles. The van der Waals surface area contributed by atoms with Gasteiger partial charge in [0.1, 0.15) is 11.4 Å². The number of ether oxygens (including phenoxy) is 2. The van der Waals surface area contributed by atoms with Gasteiger partial charge in [0.05, 0.1) is 0 Å². The van der Waals surface area contributed by atoms with Crippen LogP contribution in [0.5, 0.6) is 5.75 Å². The van der Waals surface area contributed by atoms with Crippen LogP contribution >= 0.6 is 0 Å². The predicted octanol–water partition coefficient (Wildman–Crippen LogP) is 4.67. The highest BCUT2D eigenvalue weighted by atomic mass is 19.4. The zero-order valence-electron chi connectivity index (χ0n) is 17.0. The van der Waals surface area contributed by atoms with Gasteiger partial charge in [-0.2, -0.15) is 4.98 Å². The molecule has 0 unspecified atom stereocenters. The third-order valence-electron chi connectivity index (χ3n) is 4.50. The molecule has 0 N–H and O–H groups in total. The minimum Gasteiger partial charge on any atom is -0.444 e. The molecule has 0 aliphatic carbocycles. The molecule has 30 heavy (non-hydrogen) atoms. The van der Waals surface area contributed by atoms with E-state index in [0.717, 1.165) is 5.56 Å². The maximum atomic E-state index is 12.2. The molecule has 0 radical (unpaired) electrons. The van der Waals surface area contributed by atoms with Gasteiger partial charge in [0.15, 0.2) is 5.82 Å². The van der Waals surface area contributed by atoms with Crippen LogP contribution in [0.15, 0.2) is 28.8 Å². The van der Waals surface area contributed by atoms with Crippen LogP contribution in [0.25, 0.3) is 0 Å². The summed E-state index contributed by atoms with van der Waals surface area (Å²) in [6.45, 7) is 6.56. The Morgan fingerprint density at radius 1 is 1.17 bits per heavy atom. The lowest BCUT2D eigenvalue weighted by Crippen LogP contribution is -2.41. The fourth-order valence-electron chi connectivity index (χ4n) is 3.13. The number of likely N-dealkylation sites (tertiary alicyclic amines) is 1. The first-order chi connectivity index (χ1) is 14.0. The number of carbonyl (C=O) groups excluding carboxylic acids is 1. The van der Waals surface area contributed by atoms with Gasteiger partial charge in [0.25, 0.3) is 0 Å². The number of carbonyl (C=O) groups is 1. The van der Waals surface area contributed by atoms with Gasteiger partial charge in [-0.3, -0.25) is 0 Å². The van der Waals surface area contributed by atoms with Gasteiger partial charge in [-0.1, -0.05) is 17.3 Å². The topological polar surface area (TPSA) is 77.7 Å². The predicted molar refractivity (Wildman–Crippen MR) is 100 cm³/mol. The zero-order valence-corrected chi connectivity index (χ0v) is 17.0. The Kier molecular flexibility index (Phi) is 6.23. The van der Waals surface area contributed by atoms with E-state index < -0.39 is 12.0 Å². The minimum absolute atomic E-state index is 0.0486. The second-order valence-corrected chi connectivity index (χ2v) is 8.16. The van der Waals surface area contributed by atoms with Gasteiger partial charge in [-0.05, 0) is 51.3 Å². The third kappa shape index (κ3) is 6.36. The molecule has 0 saturated carbocycles. The molecular weight excluding hydrogens is 403 g/mol. The highest BCUT2D eigenvalue weighted by molar-refractivity contribution is 5.68. The van der Waals surface area contributed by atoms with Crippen LogP contribution in [0.2, 0.25) is 0 Å². The van der Waals surface area contributed by atoms with Crippen molar-refractivity contribution < 1.29 is 32.0 Å². The first-order valence-corrected chi connectivity index (χ1v) is 9.63. The fraction of sp³-hybridized carbons (Fsp3) is 0.550. The molecule has 2 heterocycles. The molecule has 10 heteroatoms. The van der Waals surface area contributed by atoms with Crippen molar-refractivity contribution in [2.24, 2.45) is 0 Å². The Hall–Kier alpha value is -2.78. The second kappa shape index (κ2) is 8.53. The van der Waals surface area contributed by atoms with Crippen LogP contribution in [0.3, 0.4) is 0 Å². The summed E-state index contributed by atoms with van der Waals surface area (Å²) in [6.07, 6.45) is -3.35. The number of alkyl halides is 3. The molecule has 1 amide bonds. The first-order valence-electron chi connectivity index (χ1n) is 9.63. The largest absolute Gasteiger partial charge is 0.573 e. The quantitative estimate of drug-likeness (QED) is 0.706. The zero-order chi connectivity index (χ0) is 21.9. The summed E-state index contributed by atoms with van der Waals surface area (Å²) in [5, 5.41) is 3.97. The summed E-state index contributed by atoms with van der Waals surface area (Å²) in [5.41, 5.74) is 0.198. The number of aromatic nitrogens is 2. The lowest BCUT2D eigenvalue weighted by atomic mass is 9.97. The molecule has 164 valence electrons. The number of halogens is 3. The van der Waals surface area contributed by atoms with E-state index in [1.54, 1.807) is 4.90 Å². The molecule has 1 aliphatic heterocycles. The summed E-state index contributed by atoms with van der Waals surface area (Å²) in [4.78, 5) is 18.2. The minimum atomic E-state index is -4.72. The molecular formula is C20H24F3N3O4. The van der Waals surface area contributed by atoms with Crippen molar-refractivity contribution >= 4 is 6.09 Å². The summed E-state index contributed by atoms with van der Waals surface area (Å²) in [7, 11) is 0. The summed E-state index contributed by atoms with van der Waals surface area (Å²) >= 11 is 0. The van der Waals surface area contributed by atoms with Crippen LogP contribution in [-0.4, -0.2) is 46.2 Å². The van der Waals surface area contributed by atoms with Crippen LogP contribution < -0.4 is 4.74 Å². The van der Waals surface area contributed by atoms with Gasteiger partial charge in [-0.25, -0.2) is 4.79 Å². The van der Waals surface area contributed by atoms with E-state index in [4.69, 9.17) is 9.26 Å². The van der Waals surface area contributed by atoms with Crippen LogP contribution in [-0.2, 0) is 11.2 Å². The molecule has 1 aliphatic rings. The highest BCUT2D eigenvalue weighted by Crippen LogP contribution is 2.28. The van der Waals surface area contributed by atoms with Crippen molar-refractivity contribution in [3.05, 3.63) is 41.5 Å². The second-order valence-electron chi connectivity index (χ2n) is 8.16. The molecule has 2 aromatic rings. The number of rotatable bonds is 4. The van der Waals surface area contributed by atoms with Crippen molar-refractivity contribution in [2.45, 2.75) is 57.9 Å². The average molecular weight is 427 g/mol. The number of amides is 1. The van der Waals surface area contributed by atoms with Gasteiger partial charge in [-0.15, -0.1) is 13.2 Å². The maximum absolute atomic E-state index is 12.2. The van der Waals surface area contributed by atoms with Crippen molar-refractivity contribution in [3.8, 4) is 5.75 Å². The van der Waals surface area contributed by atoms with Gasteiger partial charge in [0, 0.05) is 25.4 Å². The normalized spacial score (nSPS) is 15.9. The van der Waals surface area contributed by atoms with E-state index >= 15 is 0 Å². The molecule has 0 bridgehead atoms. The van der Waals surface area contributed by atoms with Crippen molar-refractivity contribution in [3.63, 3.8) is 0 Å². The Morgan fingerprint density at radius 3 is 2.37 bits per heavy atom. The smallest absolute Gasteiger partial charge is 0.444 e. The molecule has 3 rings (SSSR count). The number of piperidine rings is 1. The Labute approximate surface area is 172 Å². The average Bonchev–Trinajstić information content (AvgIpc) is 3.09. The fourth-order valence-corrected chi connectivity index (χ4v) is 3.13. The van der Waals surface area contributed by atoms with E-state index in [2.05, 4.69) is 14.9 Å². The van der Waals surface area contributed by atoms with Crippen LogP contribution in [0.4, 0.5) is 18.0 Å². The van der Waals surface area contributed by atoms with Crippen molar-refractivity contribution in [2.75, 3.05) is 13.1 Å². The van der Waals surface area contributed by atoms with E-state index in [-0.39, 0.29) is 17.8 Å². The van der Waals surface area contributed by atoms with Crippen LogP contribution in [0, 0.1) is 0 Å². The lowest BCUT2D eigenvalue weighted by molar-refractivity contribution is -0.274. The number of hydrogen-bond donors (Lipinski definition) is 0. The molecule has 0 atom stereocenters. The van der Waals surface area contributed by atoms with Crippen LogP contribution in [0.1, 0.15) is 56.8 Å². The Bertz CT molecular complexity index is 851. The molecule has 1 fully saturated rings. The van der Waals surface area contributed by atoms with E-state index in [1.807, 2.05) is 20.8 Å². The number of nitrogens with zero attached hydrogens (tertiary/aromatic N) is 3. The van der Waals surface area contributed by atoms with Gasteiger partial charge >= 0.3 is 12.5 Å². The maximum Gasteiger partial charge on any atom is 0.573 e. The SMILES string of the molecule is CC(C)(C)OC(=O)N1CCC(c2nc(Cc3ccc(OC(F)(F)F)cc3)no2)CC1. The first kappa shape index (κ1) is 21.9. The van der Waals surface area contributed by atoms with Crippen molar-refractivity contribution in [1.82, 2.24) is 15.0 Å². The highest BCUT2D eigenvalue weighted by Gasteiger charge is 2.31. The Balaban J connectivity index is 1.53. The third-order valence-corrected chi connectivity index (χ3v) is 4.50. The van der Waals surface area contributed by atoms with E-state index in [1.165, 1.54) is 24.3 Å². The standard InChI is InChI=1S/C20H24F3N3O4/c1-19(2,3)29-18(27)26-10-8-14(9-11-26)17-24-16(25-30-17)12-13-4-6-15(7-5-13)28-20(21,22)23/h4-7,14H,8-12H2,1-3H3. The summed E-state index contributed by atoms with van der Waals surface area (Å²) < 4.78 is 51.3. The van der Waals surface area contributed by atoms with Gasteiger partial charge in [0.2, 0.25) is 5.89 Å².